The van der Waals surface area contributed by atoms with E-state index in [0.29, 0.717) is 0 Å². The molecular weight excluding hydrogens is 657 g/mol. The number of aliphatic imine (C=N–C) groups is 1. The number of pyridine rings is 1. The SMILES string of the molecule is C1=CCC=C1.CC1(C)C=Nc2ccccc21.c1ccc2ocnc2c1.c1ccc2scnc2c1.c1ccncc1.c1ccoc1.c1ccsc1. The maximum Gasteiger partial charge on any atom is 0.181 e. The molecule has 0 fully saturated rings. The highest BCUT2D eigenvalue weighted by Gasteiger charge is 2.25. The molecule has 1 aliphatic carbocycles. The van der Waals surface area contributed by atoms with Gasteiger partial charge in [0.2, 0.25) is 0 Å². The van der Waals surface area contributed by atoms with Crippen LogP contribution in [0.5, 0.6) is 0 Å². The molecule has 0 saturated heterocycles. The van der Waals surface area contributed by atoms with Gasteiger partial charge in [0.05, 0.1) is 33.9 Å². The average molecular weight is 697 g/mol. The molecule has 0 bridgehead atoms. The molecule has 0 N–H and O–H groups in total. The maximum absolute atomic E-state index is 5.01. The second kappa shape index (κ2) is 22.0. The first-order valence-corrected chi connectivity index (χ1v) is 17.8. The van der Waals surface area contributed by atoms with Crippen LogP contribution in [0.15, 0.2) is 201 Å². The van der Waals surface area contributed by atoms with Crippen LogP contribution < -0.4 is 0 Å². The molecule has 0 atom stereocenters. The predicted molar refractivity (Wildman–Crippen MR) is 211 cm³/mol. The fourth-order valence-electron chi connectivity index (χ4n) is 4.20. The van der Waals surface area contributed by atoms with E-state index in [2.05, 4.69) is 86.8 Å². The van der Waals surface area contributed by atoms with Gasteiger partial charge in [0.25, 0.3) is 0 Å². The Morgan fingerprint density at radius 2 is 1.34 bits per heavy atom. The summed E-state index contributed by atoms with van der Waals surface area (Å²) in [5.41, 5.74) is 7.32. The minimum Gasteiger partial charge on any atom is -0.473 e. The number of hydrogen-bond donors (Lipinski definition) is 0. The molecule has 2 aliphatic rings. The summed E-state index contributed by atoms with van der Waals surface area (Å²) in [6, 6.07) is 37.5. The van der Waals surface area contributed by atoms with Crippen molar-refractivity contribution in [3.05, 3.63) is 193 Å². The smallest absolute Gasteiger partial charge is 0.181 e. The summed E-state index contributed by atoms with van der Waals surface area (Å²) in [6.45, 7) is 4.37. The average Bonchev–Trinajstić information content (AvgIpc) is 4.04. The molecule has 252 valence electrons. The van der Waals surface area contributed by atoms with Gasteiger partial charge in [0, 0.05) is 24.0 Å². The third-order valence-electron chi connectivity index (χ3n) is 6.67. The van der Waals surface area contributed by atoms with Crippen molar-refractivity contribution in [3.63, 3.8) is 0 Å². The Morgan fingerprint density at radius 1 is 0.660 bits per heavy atom. The van der Waals surface area contributed by atoms with Gasteiger partial charge in [-0.25, -0.2) is 9.97 Å². The molecule has 3 aromatic carbocycles. The van der Waals surface area contributed by atoms with Gasteiger partial charge in [-0.05, 0) is 77.3 Å². The lowest BCUT2D eigenvalue weighted by Gasteiger charge is -2.14. The van der Waals surface area contributed by atoms with Crippen LogP contribution in [-0.4, -0.2) is 21.2 Å². The zero-order valence-electron chi connectivity index (χ0n) is 28.1. The molecule has 1 aliphatic heterocycles. The van der Waals surface area contributed by atoms with Gasteiger partial charge in [0.15, 0.2) is 12.0 Å². The van der Waals surface area contributed by atoms with Crippen LogP contribution in [0.2, 0.25) is 0 Å². The van der Waals surface area contributed by atoms with Crippen LogP contribution in [0.1, 0.15) is 25.8 Å². The molecule has 50 heavy (non-hydrogen) atoms. The van der Waals surface area contributed by atoms with Crippen molar-refractivity contribution in [2.24, 2.45) is 4.99 Å². The lowest BCUT2D eigenvalue weighted by Crippen LogP contribution is -2.14. The number of oxazole rings is 1. The topological polar surface area (TPSA) is 77.3 Å². The molecule has 0 radical (unpaired) electrons. The number of hydrogen-bond acceptors (Lipinski definition) is 8. The minimum atomic E-state index is 0.136. The predicted octanol–water partition coefficient (Wildman–Crippen LogP) is 12.4. The van der Waals surface area contributed by atoms with Crippen LogP contribution in [0.3, 0.4) is 0 Å². The highest BCUT2D eigenvalue weighted by Crippen LogP contribution is 2.35. The highest BCUT2D eigenvalue weighted by molar-refractivity contribution is 7.16. The number of thiophene rings is 1. The summed E-state index contributed by atoms with van der Waals surface area (Å²) in [5, 5.41) is 4.08. The lowest BCUT2D eigenvalue weighted by atomic mass is 9.87. The van der Waals surface area contributed by atoms with E-state index in [1.165, 1.54) is 16.7 Å². The van der Waals surface area contributed by atoms with Crippen molar-refractivity contribution in [1.29, 1.82) is 0 Å². The first-order chi connectivity index (χ1) is 24.6. The molecule has 6 nitrogen and oxygen atoms in total. The number of furan rings is 1. The highest BCUT2D eigenvalue weighted by atomic mass is 32.1. The van der Waals surface area contributed by atoms with E-state index >= 15 is 0 Å². The standard InChI is InChI=1S/C10H11N.C7H5NO.C7H5NS.C5H5N.C5H6.C4H4O.C4H4S/c1-10(2)7-11-9-6-4-3-5-8(9)10;2*1-2-4-7-6(3-1)8-5-9-7;1-2-4-6-5-3-1;3*1-2-4-5-3-1/h3-7H,1-2H3;2*1-5H;1-5H;1-4H,5H2;2*1-4H. The van der Waals surface area contributed by atoms with E-state index < -0.39 is 0 Å². The molecule has 0 unspecified atom stereocenters. The van der Waals surface area contributed by atoms with E-state index in [1.54, 1.807) is 47.6 Å². The number of thiazole rings is 1. The molecule has 0 amide bonds. The first kappa shape index (κ1) is 37.1. The monoisotopic (exact) mass is 696 g/mol. The third-order valence-corrected chi connectivity index (χ3v) is 8.11. The van der Waals surface area contributed by atoms with Gasteiger partial charge in [-0.2, -0.15) is 11.3 Å². The van der Waals surface area contributed by atoms with Crippen LogP contribution in [-0.2, 0) is 5.41 Å². The molecule has 8 aromatic rings. The van der Waals surface area contributed by atoms with Gasteiger partial charge >= 0.3 is 0 Å². The molecule has 5 aromatic heterocycles. The zero-order valence-corrected chi connectivity index (χ0v) is 29.7. The fraction of sp³-hybridized carbons (Fsp3) is 0.0952. The van der Waals surface area contributed by atoms with Crippen molar-refractivity contribution in [2.75, 3.05) is 0 Å². The number of benzene rings is 3. The molecule has 10 rings (SSSR count). The molecule has 8 heteroatoms. The molecule has 0 saturated carbocycles. The quantitative estimate of drug-likeness (QED) is 0.158. The molecule has 6 heterocycles. The van der Waals surface area contributed by atoms with Gasteiger partial charge in [-0.3, -0.25) is 9.98 Å². The Morgan fingerprint density at radius 3 is 1.88 bits per heavy atom. The summed E-state index contributed by atoms with van der Waals surface area (Å²) in [5.74, 6) is 0. The van der Waals surface area contributed by atoms with Crippen molar-refractivity contribution in [1.82, 2.24) is 15.0 Å². The lowest BCUT2D eigenvalue weighted by molar-refractivity contribution is 0.567. The normalized spacial score (nSPS) is 12.0. The van der Waals surface area contributed by atoms with Crippen molar-refractivity contribution in [2.45, 2.75) is 25.7 Å². The number of fused-ring (bicyclic) bond motifs is 3. The van der Waals surface area contributed by atoms with E-state index in [-0.39, 0.29) is 5.41 Å². The van der Waals surface area contributed by atoms with Gasteiger partial charge in [-0.15, -0.1) is 11.3 Å². The van der Waals surface area contributed by atoms with Crippen molar-refractivity contribution in [3.8, 4) is 0 Å². The van der Waals surface area contributed by atoms with Gasteiger partial charge in [0.1, 0.15) is 5.52 Å². The van der Waals surface area contributed by atoms with Crippen LogP contribution in [0.4, 0.5) is 5.69 Å². The Labute approximate surface area is 301 Å². The second-order valence-corrected chi connectivity index (χ2v) is 12.5. The number of rotatable bonds is 0. The summed E-state index contributed by atoms with van der Waals surface area (Å²) in [6.07, 6.45) is 19.7. The zero-order chi connectivity index (χ0) is 35.0. The number of allylic oxidation sites excluding steroid dienone is 4. The van der Waals surface area contributed by atoms with Crippen LogP contribution >= 0.6 is 22.7 Å². The summed E-state index contributed by atoms with van der Waals surface area (Å²) in [7, 11) is 0. The Balaban J connectivity index is 0.000000134. The Kier molecular flexibility index (Phi) is 16.4. The van der Waals surface area contributed by atoms with Gasteiger partial charge < -0.3 is 8.83 Å². The van der Waals surface area contributed by atoms with Gasteiger partial charge in [-0.1, -0.05) is 98.8 Å². The molecular formula is C42H40N4O2S2. The first-order valence-electron chi connectivity index (χ1n) is 16.0. The Bertz CT molecular complexity index is 1860. The number of para-hydroxylation sites is 4. The maximum atomic E-state index is 5.01. The van der Waals surface area contributed by atoms with Crippen molar-refractivity contribution >= 4 is 55.9 Å². The number of nitrogens with zero attached hydrogens (tertiary/aromatic N) is 4. The Hall–Kier alpha value is -5.70. The minimum absolute atomic E-state index is 0.136. The summed E-state index contributed by atoms with van der Waals surface area (Å²) in [4.78, 5) is 16.2. The molecule has 0 spiro atoms. The summed E-state index contributed by atoms with van der Waals surface area (Å²) >= 11 is 3.39. The van der Waals surface area contributed by atoms with E-state index in [4.69, 9.17) is 4.42 Å². The van der Waals surface area contributed by atoms with E-state index in [1.807, 2.05) is 113 Å². The number of aromatic nitrogens is 3. The third kappa shape index (κ3) is 13.8. The van der Waals surface area contributed by atoms with E-state index in [0.717, 1.165) is 28.7 Å². The summed E-state index contributed by atoms with van der Waals surface area (Å²) < 4.78 is 10.9. The van der Waals surface area contributed by atoms with Crippen molar-refractivity contribution < 1.29 is 8.83 Å². The van der Waals surface area contributed by atoms with E-state index in [9.17, 15) is 0 Å². The van der Waals surface area contributed by atoms with Crippen LogP contribution in [0.25, 0.3) is 21.3 Å². The van der Waals surface area contributed by atoms with Crippen LogP contribution in [0, 0.1) is 0 Å². The largest absolute Gasteiger partial charge is 0.473 e. The second-order valence-electron chi connectivity index (χ2n) is 10.8. The fourth-order valence-corrected chi connectivity index (χ4v) is 5.33.